The number of hydrogen-bond acceptors (Lipinski definition) is 9. The molecule has 0 spiro atoms. The summed E-state index contributed by atoms with van der Waals surface area (Å²) < 4.78 is 11.0. The van der Waals surface area contributed by atoms with Gasteiger partial charge in [-0.25, -0.2) is 4.98 Å². The number of anilines is 1. The number of carbonyl (C=O) groups is 1. The predicted octanol–water partition coefficient (Wildman–Crippen LogP) is 4.72. The lowest BCUT2D eigenvalue weighted by Crippen LogP contribution is -2.30. The molecule has 0 aliphatic carbocycles. The number of likely N-dealkylation sites (tertiary alicyclic amines) is 1. The molecule has 1 aliphatic rings. The van der Waals surface area contributed by atoms with Crippen LogP contribution in [0.2, 0.25) is 0 Å². The molecular weight excluding hydrogens is 446 g/mol. The van der Waals surface area contributed by atoms with Crippen molar-refractivity contribution in [1.29, 1.82) is 0 Å². The molecule has 0 bridgehead atoms. The van der Waals surface area contributed by atoms with Gasteiger partial charge in [-0.15, -0.1) is 22.7 Å². The molecule has 1 aliphatic heterocycles. The Bertz CT molecular complexity index is 1210. The van der Waals surface area contributed by atoms with Crippen LogP contribution in [0.1, 0.15) is 30.8 Å². The van der Waals surface area contributed by atoms with Crippen molar-refractivity contribution in [2.24, 2.45) is 0 Å². The van der Waals surface area contributed by atoms with Gasteiger partial charge in [-0.1, -0.05) is 17.6 Å². The quantitative estimate of drug-likeness (QED) is 0.419. The second-order valence-electron chi connectivity index (χ2n) is 7.75. The molecular formula is C22H23N5O3S2. The lowest BCUT2D eigenvalue weighted by Gasteiger charge is -2.25. The summed E-state index contributed by atoms with van der Waals surface area (Å²) >= 11 is 3.23. The van der Waals surface area contributed by atoms with E-state index < -0.39 is 0 Å². The fraction of sp³-hybridized carbons (Fsp3) is 0.364. The Morgan fingerprint density at radius 2 is 2.12 bits per heavy atom. The summed E-state index contributed by atoms with van der Waals surface area (Å²) in [6.07, 6.45) is 3.68. The maximum absolute atomic E-state index is 12.4. The minimum absolute atomic E-state index is 0.180. The van der Waals surface area contributed by atoms with E-state index in [0.717, 1.165) is 39.6 Å². The minimum atomic E-state index is -0.324. The Balaban J connectivity index is 1.42. The highest BCUT2D eigenvalue weighted by atomic mass is 32.1. The van der Waals surface area contributed by atoms with Crippen LogP contribution in [-0.4, -0.2) is 45.6 Å². The number of carbonyl (C=O) groups excluding carboxylic acids is 1. The molecule has 4 aromatic heterocycles. The van der Waals surface area contributed by atoms with Crippen molar-refractivity contribution in [2.75, 3.05) is 25.0 Å². The molecule has 4 aromatic rings. The maximum atomic E-state index is 12.4. The van der Waals surface area contributed by atoms with E-state index in [2.05, 4.69) is 26.8 Å². The van der Waals surface area contributed by atoms with Gasteiger partial charge in [0.2, 0.25) is 5.88 Å². The highest BCUT2D eigenvalue weighted by Crippen LogP contribution is 2.40. The van der Waals surface area contributed by atoms with Crippen molar-refractivity contribution >= 4 is 44.6 Å². The molecule has 0 radical (unpaired) electrons. The smallest absolute Gasteiger partial charge is 0.263 e. The minimum Gasteiger partial charge on any atom is -0.467 e. The third-order valence-corrected chi connectivity index (χ3v) is 7.06. The molecule has 5 rings (SSSR count). The zero-order chi connectivity index (χ0) is 21.9. The summed E-state index contributed by atoms with van der Waals surface area (Å²) in [5, 5.41) is 11.4. The van der Waals surface area contributed by atoms with Gasteiger partial charge in [0.05, 0.1) is 11.9 Å². The Morgan fingerprint density at radius 1 is 1.25 bits per heavy atom. The number of thiophene rings is 2. The lowest BCUT2D eigenvalue weighted by atomic mass is 10.1. The molecule has 0 saturated carbocycles. The van der Waals surface area contributed by atoms with Crippen LogP contribution in [0.5, 0.6) is 5.88 Å². The molecule has 1 fully saturated rings. The summed E-state index contributed by atoms with van der Waals surface area (Å²) in [5.74, 6) is 1.83. The van der Waals surface area contributed by atoms with Crippen molar-refractivity contribution in [3.63, 3.8) is 0 Å². The van der Waals surface area contributed by atoms with Gasteiger partial charge in [-0.3, -0.25) is 9.69 Å². The number of fused-ring (bicyclic) bond motifs is 1. The van der Waals surface area contributed by atoms with Crippen molar-refractivity contribution < 1.29 is 14.1 Å². The number of piperidine rings is 1. The van der Waals surface area contributed by atoms with Crippen LogP contribution in [0.4, 0.5) is 5.82 Å². The molecule has 1 N–H and O–H groups in total. The SMILES string of the molecule is Cc1cc(NC(=O)COc2nc(CN3CCCCC3)nc3scc(-c4cccs4)c23)no1. The van der Waals surface area contributed by atoms with Gasteiger partial charge >= 0.3 is 0 Å². The summed E-state index contributed by atoms with van der Waals surface area (Å²) in [5.41, 5.74) is 1.03. The third kappa shape index (κ3) is 4.67. The molecule has 8 nitrogen and oxygen atoms in total. The molecule has 0 aromatic carbocycles. The Hall–Kier alpha value is -2.82. The lowest BCUT2D eigenvalue weighted by molar-refractivity contribution is -0.118. The van der Waals surface area contributed by atoms with Crippen molar-refractivity contribution in [3.8, 4) is 16.3 Å². The zero-order valence-corrected chi connectivity index (χ0v) is 19.3. The number of nitrogens with zero attached hydrogens (tertiary/aromatic N) is 4. The Kier molecular flexibility index (Phi) is 6.15. The molecule has 32 heavy (non-hydrogen) atoms. The number of rotatable bonds is 7. The van der Waals surface area contributed by atoms with E-state index in [4.69, 9.17) is 19.2 Å². The van der Waals surface area contributed by atoms with Gasteiger partial charge in [-0.05, 0) is 44.3 Å². The normalized spacial score (nSPS) is 14.7. The summed E-state index contributed by atoms with van der Waals surface area (Å²) in [6, 6.07) is 5.74. The Labute approximate surface area is 193 Å². The van der Waals surface area contributed by atoms with Gasteiger partial charge in [0, 0.05) is 21.9 Å². The average molecular weight is 470 g/mol. The van der Waals surface area contributed by atoms with Gasteiger partial charge in [-0.2, -0.15) is 4.98 Å². The van der Waals surface area contributed by atoms with Crippen molar-refractivity contribution in [1.82, 2.24) is 20.0 Å². The van der Waals surface area contributed by atoms with E-state index >= 15 is 0 Å². The van der Waals surface area contributed by atoms with Crippen LogP contribution in [0.25, 0.3) is 20.7 Å². The second-order valence-corrected chi connectivity index (χ2v) is 9.55. The van der Waals surface area contributed by atoms with E-state index in [-0.39, 0.29) is 12.5 Å². The zero-order valence-electron chi connectivity index (χ0n) is 17.7. The summed E-state index contributed by atoms with van der Waals surface area (Å²) in [6.45, 7) is 4.39. The first-order chi connectivity index (χ1) is 15.7. The fourth-order valence-corrected chi connectivity index (χ4v) is 5.57. The van der Waals surface area contributed by atoms with Crippen molar-refractivity contribution in [3.05, 3.63) is 40.5 Å². The van der Waals surface area contributed by atoms with Crippen LogP contribution in [0.3, 0.4) is 0 Å². The number of aromatic nitrogens is 3. The summed E-state index contributed by atoms with van der Waals surface area (Å²) in [7, 11) is 0. The average Bonchev–Trinajstić information content (AvgIpc) is 3.54. The molecule has 1 saturated heterocycles. The fourth-order valence-electron chi connectivity index (χ4n) is 3.80. The standard InChI is InChI=1S/C22H23N5O3S2/c1-14-10-17(26-30-14)23-19(28)12-29-21-20-15(16-6-5-9-31-16)13-32-22(20)25-18(24-21)11-27-7-3-2-4-8-27/h5-6,9-10,13H,2-4,7-8,11-12H2,1H3,(H,23,26,28). The van der Waals surface area contributed by atoms with Crippen LogP contribution >= 0.6 is 22.7 Å². The molecule has 5 heterocycles. The number of nitrogens with one attached hydrogen (secondary N) is 1. The van der Waals surface area contributed by atoms with E-state index in [1.54, 1.807) is 35.7 Å². The first-order valence-electron chi connectivity index (χ1n) is 10.6. The van der Waals surface area contributed by atoms with E-state index in [0.29, 0.717) is 24.0 Å². The predicted molar refractivity (Wildman–Crippen MR) is 125 cm³/mol. The molecule has 0 atom stereocenters. The number of ether oxygens (including phenoxy) is 1. The molecule has 1 amide bonds. The third-order valence-electron chi connectivity index (χ3n) is 5.28. The van der Waals surface area contributed by atoms with Gasteiger partial charge < -0.3 is 14.6 Å². The summed E-state index contributed by atoms with van der Waals surface area (Å²) in [4.78, 5) is 26.4. The monoisotopic (exact) mass is 469 g/mol. The van der Waals surface area contributed by atoms with Gasteiger partial charge in [0.15, 0.2) is 12.4 Å². The van der Waals surface area contributed by atoms with Crippen molar-refractivity contribution in [2.45, 2.75) is 32.7 Å². The van der Waals surface area contributed by atoms with Crippen LogP contribution < -0.4 is 10.1 Å². The Morgan fingerprint density at radius 3 is 2.88 bits per heavy atom. The van der Waals surface area contributed by atoms with Crippen LogP contribution in [0.15, 0.2) is 33.5 Å². The maximum Gasteiger partial charge on any atom is 0.263 e. The van der Waals surface area contributed by atoms with Crippen LogP contribution in [-0.2, 0) is 11.3 Å². The van der Waals surface area contributed by atoms with E-state index in [1.807, 2.05) is 11.4 Å². The first-order valence-corrected chi connectivity index (χ1v) is 12.3. The van der Waals surface area contributed by atoms with Crippen LogP contribution in [0, 0.1) is 6.92 Å². The van der Waals surface area contributed by atoms with E-state index in [1.165, 1.54) is 19.3 Å². The van der Waals surface area contributed by atoms with Gasteiger partial charge in [0.1, 0.15) is 16.4 Å². The number of aryl methyl sites for hydroxylation is 1. The highest BCUT2D eigenvalue weighted by molar-refractivity contribution is 7.18. The van der Waals surface area contributed by atoms with Gasteiger partial charge in [0.25, 0.3) is 5.91 Å². The largest absolute Gasteiger partial charge is 0.467 e. The van der Waals surface area contributed by atoms with E-state index in [9.17, 15) is 4.79 Å². The molecule has 166 valence electrons. The number of hydrogen-bond donors (Lipinski definition) is 1. The number of amides is 1. The first kappa shape index (κ1) is 21.0. The second kappa shape index (κ2) is 9.35. The topological polar surface area (TPSA) is 93.4 Å². The molecule has 0 unspecified atom stereocenters. The molecule has 10 heteroatoms. The highest BCUT2D eigenvalue weighted by Gasteiger charge is 2.20.